The Balaban J connectivity index is 0.00000225. The number of fused-ring (bicyclic) bond motifs is 1. The fraction of sp³-hybridized carbons (Fsp3) is 0.381. The average molecular weight is 359 g/mol. The second kappa shape index (κ2) is 9.59. The van der Waals surface area contributed by atoms with Crippen LogP contribution in [0.1, 0.15) is 46.3 Å². The lowest BCUT2D eigenvalue weighted by molar-refractivity contribution is 0.0953. The fourth-order valence-corrected chi connectivity index (χ4v) is 3.32. The molecule has 3 rings (SSSR count). The predicted octanol–water partition coefficient (Wildman–Crippen LogP) is 3.72. The molecular weight excluding hydrogens is 332 g/mol. The molecule has 2 aromatic rings. The molecule has 0 spiro atoms. The maximum atomic E-state index is 12.4. The molecule has 1 aliphatic rings. The highest BCUT2D eigenvalue weighted by atomic mass is 35.5. The van der Waals surface area contributed by atoms with Crippen LogP contribution in [0.3, 0.4) is 0 Å². The van der Waals surface area contributed by atoms with Crippen LogP contribution in [-0.4, -0.2) is 25.5 Å². The van der Waals surface area contributed by atoms with Gasteiger partial charge in [-0.15, -0.1) is 12.4 Å². The Hall–Kier alpha value is -1.84. The quantitative estimate of drug-likeness (QED) is 0.800. The average Bonchev–Trinajstić information content (AvgIpc) is 2.81. The zero-order valence-electron chi connectivity index (χ0n) is 14.8. The van der Waals surface area contributed by atoms with E-state index in [0.717, 1.165) is 37.9 Å². The number of rotatable bonds is 5. The summed E-state index contributed by atoms with van der Waals surface area (Å²) in [4.78, 5) is 12.4. The number of hydrogen-bond donors (Lipinski definition) is 2. The van der Waals surface area contributed by atoms with E-state index in [0.29, 0.717) is 12.5 Å². The molecule has 0 aliphatic carbocycles. The summed E-state index contributed by atoms with van der Waals surface area (Å²) in [5.74, 6) is 0.489. The standard InChI is InChI=1S/C21H26N2O.ClH/c1-16-15-22-13-11-18-9-10-19(14-20(16)18)21(24)23-12-5-8-17-6-3-2-4-7-17;/h2-4,6-7,9-10,14,16,22H,5,8,11-13,15H2,1H3,(H,23,24);1H/t16-;/m1./s1. The molecular formula is C21H27ClN2O. The highest BCUT2D eigenvalue weighted by Crippen LogP contribution is 2.23. The maximum absolute atomic E-state index is 12.4. The van der Waals surface area contributed by atoms with E-state index < -0.39 is 0 Å². The highest BCUT2D eigenvalue weighted by Gasteiger charge is 2.16. The SMILES string of the molecule is C[C@@H]1CNCCc2ccc(C(=O)NCCCc3ccccc3)cc21.Cl. The van der Waals surface area contributed by atoms with Crippen LogP contribution < -0.4 is 10.6 Å². The summed E-state index contributed by atoms with van der Waals surface area (Å²) in [6, 6.07) is 16.6. The predicted molar refractivity (Wildman–Crippen MR) is 106 cm³/mol. The van der Waals surface area contributed by atoms with Gasteiger partial charge >= 0.3 is 0 Å². The van der Waals surface area contributed by atoms with Crippen molar-refractivity contribution >= 4 is 18.3 Å². The smallest absolute Gasteiger partial charge is 0.251 e. The van der Waals surface area contributed by atoms with Crippen LogP contribution in [0.2, 0.25) is 0 Å². The molecule has 0 aromatic heterocycles. The van der Waals surface area contributed by atoms with Gasteiger partial charge < -0.3 is 10.6 Å². The number of nitrogens with one attached hydrogen (secondary N) is 2. The summed E-state index contributed by atoms with van der Waals surface area (Å²) >= 11 is 0. The Morgan fingerprint density at radius 3 is 2.80 bits per heavy atom. The zero-order valence-corrected chi connectivity index (χ0v) is 15.6. The van der Waals surface area contributed by atoms with E-state index in [1.807, 2.05) is 12.1 Å². The normalized spacial score (nSPS) is 16.3. The maximum Gasteiger partial charge on any atom is 0.251 e. The molecule has 0 bridgehead atoms. The monoisotopic (exact) mass is 358 g/mol. The van der Waals surface area contributed by atoms with Crippen molar-refractivity contribution in [3.8, 4) is 0 Å². The Morgan fingerprint density at radius 1 is 1.20 bits per heavy atom. The van der Waals surface area contributed by atoms with Crippen molar-refractivity contribution in [2.75, 3.05) is 19.6 Å². The third kappa shape index (κ3) is 5.32. The van der Waals surface area contributed by atoms with Crippen LogP contribution in [0, 0.1) is 0 Å². The van der Waals surface area contributed by atoms with Gasteiger partial charge in [-0.2, -0.15) is 0 Å². The van der Waals surface area contributed by atoms with Gasteiger partial charge in [0.25, 0.3) is 5.91 Å². The Morgan fingerprint density at radius 2 is 2.00 bits per heavy atom. The molecule has 0 fully saturated rings. The van der Waals surface area contributed by atoms with Gasteiger partial charge in [0.2, 0.25) is 0 Å². The van der Waals surface area contributed by atoms with Crippen LogP contribution in [-0.2, 0) is 12.8 Å². The van der Waals surface area contributed by atoms with Gasteiger partial charge in [0.15, 0.2) is 0 Å². The first kappa shape index (κ1) is 19.5. The van der Waals surface area contributed by atoms with E-state index in [9.17, 15) is 4.79 Å². The molecule has 4 heteroatoms. The molecule has 0 saturated heterocycles. The van der Waals surface area contributed by atoms with E-state index in [-0.39, 0.29) is 18.3 Å². The van der Waals surface area contributed by atoms with Crippen LogP contribution in [0.25, 0.3) is 0 Å². The number of amides is 1. The summed E-state index contributed by atoms with van der Waals surface area (Å²) in [5, 5.41) is 6.50. The minimum Gasteiger partial charge on any atom is -0.352 e. The number of halogens is 1. The van der Waals surface area contributed by atoms with E-state index in [1.165, 1.54) is 16.7 Å². The molecule has 1 amide bonds. The van der Waals surface area contributed by atoms with Crippen molar-refractivity contribution in [3.05, 3.63) is 70.8 Å². The largest absolute Gasteiger partial charge is 0.352 e. The summed E-state index contributed by atoms with van der Waals surface area (Å²) in [6.07, 6.45) is 2.99. The van der Waals surface area contributed by atoms with E-state index in [2.05, 4.69) is 54.0 Å². The molecule has 3 nitrogen and oxygen atoms in total. The highest BCUT2D eigenvalue weighted by molar-refractivity contribution is 5.94. The summed E-state index contributed by atoms with van der Waals surface area (Å²) in [5.41, 5.74) is 4.78. The van der Waals surface area contributed by atoms with Crippen molar-refractivity contribution in [3.63, 3.8) is 0 Å². The van der Waals surface area contributed by atoms with Gasteiger partial charge in [-0.25, -0.2) is 0 Å². The Kier molecular flexibility index (Phi) is 7.48. The van der Waals surface area contributed by atoms with Gasteiger partial charge in [-0.05, 0) is 60.5 Å². The van der Waals surface area contributed by atoms with Crippen LogP contribution >= 0.6 is 12.4 Å². The van der Waals surface area contributed by atoms with Gasteiger partial charge in [-0.1, -0.05) is 43.3 Å². The van der Waals surface area contributed by atoms with Crippen molar-refractivity contribution < 1.29 is 4.79 Å². The molecule has 2 N–H and O–H groups in total. The van der Waals surface area contributed by atoms with Crippen molar-refractivity contribution in [2.24, 2.45) is 0 Å². The molecule has 0 saturated carbocycles. The second-order valence-electron chi connectivity index (χ2n) is 6.61. The third-order valence-corrected chi connectivity index (χ3v) is 4.73. The summed E-state index contributed by atoms with van der Waals surface area (Å²) in [7, 11) is 0. The molecule has 0 radical (unpaired) electrons. The molecule has 25 heavy (non-hydrogen) atoms. The van der Waals surface area contributed by atoms with E-state index in [1.54, 1.807) is 0 Å². The van der Waals surface area contributed by atoms with Crippen molar-refractivity contribution in [2.45, 2.75) is 32.1 Å². The third-order valence-electron chi connectivity index (χ3n) is 4.73. The first-order valence-corrected chi connectivity index (χ1v) is 8.89. The number of hydrogen-bond acceptors (Lipinski definition) is 2. The first-order chi connectivity index (χ1) is 11.7. The number of carbonyl (C=O) groups excluding carboxylic acids is 1. The topological polar surface area (TPSA) is 41.1 Å². The number of aryl methyl sites for hydroxylation is 1. The van der Waals surface area contributed by atoms with E-state index in [4.69, 9.17) is 0 Å². The van der Waals surface area contributed by atoms with Gasteiger partial charge in [0.05, 0.1) is 0 Å². The van der Waals surface area contributed by atoms with Crippen molar-refractivity contribution in [1.82, 2.24) is 10.6 Å². The summed E-state index contributed by atoms with van der Waals surface area (Å²) < 4.78 is 0. The number of carbonyl (C=O) groups is 1. The first-order valence-electron chi connectivity index (χ1n) is 8.89. The molecule has 0 unspecified atom stereocenters. The van der Waals surface area contributed by atoms with Crippen LogP contribution in [0.4, 0.5) is 0 Å². The molecule has 1 aliphatic heterocycles. The summed E-state index contributed by atoms with van der Waals surface area (Å²) in [6.45, 7) is 4.93. The molecule has 2 aromatic carbocycles. The Labute approximate surface area is 156 Å². The second-order valence-corrected chi connectivity index (χ2v) is 6.61. The molecule has 134 valence electrons. The lowest BCUT2D eigenvalue weighted by Gasteiger charge is -2.14. The lowest BCUT2D eigenvalue weighted by atomic mass is 9.93. The Bertz CT molecular complexity index is 688. The minimum absolute atomic E-state index is 0. The molecule has 1 atom stereocenters. The van der Waals surface area contributed by atoms with Crippen LogP contribution in [0.15, 0.2) is 48.5 Å². The van der Waals surface area contributed by atoms with Crippen molar-refractivity contribution in [1.29, 1.82) is 0 Å². The van der Waals surface area contributed by atoms with Gasteiger partial charge in [0, 0.05) is 18.7 Å². The fourth-order valence-electron chi connectivity index (χ4n) is 3.32. The lowest BCUT2D eigenvalue weighted by Crippen LogP contribution is -2.25. The van der Waals surface area contributed by atoms with Gasteiger partial charge in [-0.3, -0.25) is 4.79 Å². The zero-order chi connectivity index (χ0) is 16.8. The van der Waals surface area contributed by atoms with Crippen LogP contribution in [0.5, 0.6) is 0 Å². The van der Waals surface area contributed by atoms with E-state index >= 15 is 0 Å². The number of benzene rings is 2. The van der Waals surface area contributed by atoms with Gasteiger partial charge in [0.1, 0.15) is 0 Å². The minimum atomic E-state index is 0. The molecule has 1 heterocycles.